The smallest absolute Gasteiger partial charge is 0.274 e. The molecule has 4 rings (SSSR count). The molecule has 0 fully saturated rings. The van der Waals surface area contributed by atoms with Crippen LogP contribution in [0, 0.1) is 11.3 Å². The third-order valence-corrected chi connectivity index (χ3v) is 6.51. The Morgan fingerprint density at radius 3 is 2.50 bits per heavy atom. The third-order valence-electron chi connectivity index (χ3n) is 4.78. The molecule has 9 nitrogen and oxygen atoms in total. The van der Waals surface area contributed by atoms with Crippen LogP contribution in [0.2, 0.25) is 5.02 Å². The quantitative estimate of drug-likeness (QED) is 0.437. The molecule has 0 aliphatic rings. The van der Waals surface area contributed by atoms with E-state index in [2.05, 4.69) is 26.0 Å². The zero-order chi connectivity index (χ0) is 24.7. The monoisotopic (exact) mass is 507 g/mol. The summed E-state index contributed by atoms with van der Waals surface area (Å²) in [5, 5.41) is 10.6. The number of sulfonamides is 1. The molecule has 0 unspecified atom stereocenters. The van der Waals surface area contributed by atoms with Crippen LogP contribution in [0.15, 0.2) is 54.1 Å². The summed E-state index contributed by atoms with van der Waals surface area (Å²) < 4.78 is 66.2. The zero-order valence-electron chi connectivity index (χ0n) is 17.1. The molecule has 0 aliphatic carbocycles. The van der Waals surface area contributed by atoms with E-state index in [-0.39, 0.29) is 22.0 Å². The van der Waals surface area contributed by atoms with Gasteiger partial charge in [-0.3, -0.25) is 14.5 Å². The van der Waals surface area contributed by atoms with E-state index in [1.807, 2.05) is 0 Å². The number of nitrogens with zero attached hydrogens (tertiary/aromatic N) is 6. The molecule has 0 radical (unpaired) electrons. The van der Waals surface area contributed by atoms with Gasteiger partial charge >= 0.3 is 6.18 Å². The molecular formula is C20H13ClF3N7O2S. The fraction of sp³-hybridized carbons (Fsp3) is 0.150. The van der Waals surface area contributed by atoms with E-state index < -0.39 is 27.1 Å². The summed E-state index contributed by atoms with van der Waals surface area (Å²) >= 11 is 6.07. The summed E-state index contributed by atoms with van der Waals surface area (Å²) in [5.74, 6) is 0.304. The average Bonchev–Trinajstić information content (AvgIpc) is 3.12. The van der Waals surface area contributed by atoms with Crippen molar-refractivity contribution in [2.45, 2.75) is 24.0 Å². The molecule has 34 heavy (non-hydrogen) atoms. The average molecular weight is 508 g/mol. The number of hydrogen-bond acceptors (Lipinski definition) is 7. The van der Waals surface area contributed by atoms with Gasteiger partial charge in [0.15, 0.2) is 5.82 Å². The van der Waals surface area contributed by atoms with Crippen molar-refractivity contribution in [2.24, 2.45) is 0 Å². The lowest BCUT2D eigenvalue weighted by atomic mass is 10.1. The van der Waals surface area contributed by atoms with Crippen LogP contribution in [0.4, 0.5) is 13.2 Å². The second-order valence-corrected chi connectivity index (χ2v) is 9.17. The SMILES string of the molecule is C[C@H](NS(=O)(=O)c1ccc(-c2c(C#N)c3cc(Cl)cnc3n2-c2cnccn2)nc1)C(F)(F)F. The summed E-state index contributed by atoms with van der Waals surface area (Å²) in [6, 6.07) is 3.69. The molecule has 174 valence electrons. The summed E-state index contributed by atoms with van der Waals surface area (Å²) in [5.41, 5.74) is 0.852. The Labute approximate surface area is 195 Å². The number of pyridine rings is 2. The first-order valence-corrected chi connectivity index (χ1v) is 11.3. The molecule has 14 heteroatoms. The summed E-state index contributed by atoms with van der Waals surface area (Å²) in [6.45, 7) is 0.690. The van der Waals surface area contributed by atoms with Gasteiger partial charge in [0.25, 0.3) is 0 Å². The first-order chi connectivity index (χ1) is 16.0. The lowest BCUT2D eigenvalue weighted by Gasteiger charge is -2.17. The van der Waals surface area contributed by atoms with Gasteiger partial charge in [0.1, 0.15) is 22.7 Å². The van der Waals surface area contributed by atoms with Gasteiger partial charge in [-0.2, -0.15) is 23.2 Å². The Bertz CT molecular complexity index is 1520. The minimum absolute atomic E-state index is 0.141. The molecule has 4 aromatic heterocycles. The molecular weight excluding hydrogens is 495 g/mol. The van der Waals surface area contributed by atoms with E-state index in [4.69, 9.17) is 11.6 Å². The summed E-state index contributed by atoms with van der Waals surface area (Å²) in [6.07, 6.45) is 1.86. The van der Waals surface area contributed by atoms with E-state index in [1.165, 1.54) is 35.4 Å². The molecule has 1 atom stereocenters. The van der Waals surface area contributed by atoms with Gasteiger partial charge < -0.3 is 0 Å². The van der Waals surface area contributed by atoms with Crippen molar-refractivity contribution in [1.29, 1.82) is 5.26 Å². The van der Waals surface area contributed by atoms with E-state index in [1.54, 1.807) is 10.8 Å². The minimum atomic E-state index is -4.76. The van der Waals surface area contributed by atoms with Crippen molar-refractivity contribution in [3.05, 3.63) is 59.8 Å². The highest BCUT2D eigenvalue weighted by atomic mass is 35.5. The Hall–Kier alpha value is -3.60. The maximum Gasteiger partial charge on any atom is 0.404 e. The largest absolute Gasteiger partial charge is 0.404 e. The summed E-state index contributed by atoms with van der Waals surface area (Å²) in [4.78, 5) is 16.2. The standard InChI is InChI=1S/C20H13ClF3N7O2S/c1-11(20(22,23)24)30-34(32,33)13-2-3-16(28-9-13)18-15(7-25)14-6-12(21)8-29-19(14)31(18)17-10-26-4-5-27-17/h2-6,8-11,30H,1H3/t11-/m0/s1. The van der Waals surface area contributed by atoms with Crippen molar-refractivity contribution >= 4 is 32.7 Å². The highest BCUT2D eigenvalue weighted by molar-refractivity contribution is 7.89. The lowest BCUT2D eigenvalue weighted by molar-refractivity contribution is -0.147. The molecule has 4 aromatic rings. The van der Waals surface area contributed by atoms with Crippen molar-refractivity contribution in [3.63, 3.8) is 0 Å². The second kappa shape index (κ2) is 8.64. The zero-order valence-corrected chi connectivity index (χ0v) is 18.7. The first-order valence-electron chi connectivity index (χ1n) is 9.45. The highest BCUT2D eigenvalue weighted by Crippen LogP contribution is 2.35. The van der Waals surface area contributed by atoms with Crippen LogP contribution in [-0.4, -0.2) is 45.1 Å². The Kier molecular flexibility index (Phi) is 5.98. The maximum absolute atomic E-state index is 12.8. The van der Waals surface area contributed by atoms with Crippen LogP contribution < -0.4 is 4.72 Å². The molecule has 1 N–H and O–H groups in total. The Morgan fingerprint density at radius 1 is 1.15 bits per heavy atom. The number of hydrogen-bond donors (Lipinski definition) is 1. The van der Waals surface area contributed by atoms with E-state index in [0.29, 0.717) is 23.8 Å². The predicted octanol–water partition coefficient (Wildman–Crippen LogP) is 3.63. The highest BCUT2D eigenvalue weighted by Gasteiger charge is 2.39. The first kappa shape index (κ1) is 23.6. The molecule has 0 aromatic carbocycles. The van der Waals surface area contributed by atoms with Crippen molar-refractivity contribution in [3.8, 4) is 23.3 Å². The molecule has 0 saturated carbocycles. The fourth-order valence-corrected chi connectivity index (χ4v) is 4.50. The number of alkyl halides is 3. The van der Waals surface area contributed by atoms with E-state index in [9.17, 15) is 26.9 Å². The number of nitrogens with one attached hydrogen (secondary N) is 1. The molecule has 0 bridgehead atoms. The molecule has 0 saturated heterocycles. The van der Waals surface area contributed by atoms with Crippen LogP contribution in [0.1, 0.15) is 12.5 Å². The van der Waals surface area contributed by atoms with E-state index >= 15 is 0 Å². The van der Waals surface area contributed by atoms with Crippen LogP contribution in [0.25, 0.3) is 28.2 Å². The predicted molar refractivity (Wildman–Crippen MR) is 115 cm³/mol. The Balaban J connectivity index is 1.87. The molecule has 0 spiro atoms. The normalized spacial score (nSPS) is 13.1. The Morgan fingerprint density at radius 2 is 1.91 bits per heavy atom. The van der Waals surface area contributed by atoms with Gasteiger partial charge in [-0.25, -0.2) is 18.4 Å². The lowest BCUT2D eigenvalue weighted by Crippen LogP contribution is -2.42. The number of rotatable bonds is 5. The molecule has 0 aliphatic heterocycles. The topological polar surface area (TPSA) is 126 Å². The van der Waals surface area contributed by atoms with Crippen molar-refractivity contribution < 1.29 is 21.6 Å². The molecule has 0 amide bonds. The van der Waals surface area contributed by atoms with Gasteiger partial charge in [0, 0.05) is 30.2 Å². The van der Waals surface area contributed by atoms with E-state index in [0.717, 1.165) is 12.3 Å². The van der Waals surface area contributed by atoms with Crippen LogP contribution in [-0.2, 0) is 10.0 Å². The maximum atomic E-state index is 12.8. The van der Waals surface area contributed by atoms with Gasteiger partial charge in [-0.05, 0) is 25.1 Å². The summed E-state index contributed by atoms with van der Waals surface area (Å²) in [7, 11) is -4.51. The van der Waals surface area contributed by atoms with Crippen molar-refractivity contribution in [1.82, 2.24) is 29.2 Å². The van der Waals surface area contributed by atoms with Crippen LogP contribution >= 0.6 is 11.6 Å². The van der Waals surface area contributed by atoms with Crippen LogP contribution in [0.3, 0.4) is 0 Å². The number of fused-ring (bicyclic) bond motifs is 1. The molecule has 4 heterocycles. The van der Waals surface area contributed by atoms with Gasteiger partial charge in [0.2, 0.25) is 10.0 Å². The van der Waals surface area contributed by atoms with Gasteiger partial charge in [0.05, 0.1) is 28.2 Å². The number of halogens is 4. The number of nitriles is 1. The minimum Gasteiger partial charge on any atom is -0.274 e. The van der Waals surface area contributed by atoms with Crippen molar-refractivity contribution in [2.75, 3.05) is 0 Å². The van der Waals surface area contributed by atoms with Gasteiger partial charge in [-0.15, -0.1) is 0 Å². The second-order valence-electron chi connectivity index (χ2n) is 7.02. The fourth-order valence-electron chi connectivity index (χ4n) is 3.17. The third kappa shape index (κ3) is 4.30. The van der Waals surface area contributed by atoms with Crippen LogP contribution in [0.5, 0.6) is 0 Å². The number of aromatic nitrogens is 5. The van der Waals surface area contributed by atoms with Gasteiger partial charge in [-0.1, -0.05) is 11.6 Å².